The Bertz CT molecular complexity index is 878. The van der Waals surface area contributed by atoms with Crippen LogP contribution < -0.4 is 0 Å². The van der Waals surface area contributed by atoms with Gasteiger partial charge in [0.15, 0.2) is 0 Å². The van der Waals surface area contributed by atoms with Gasteiger partial charge < -0.3 is 5.11 Å². The zero-order valence-corrected chi connectivity index (χ0v) is 14.7. The van der Waals surface area contributed by atoms with Gasteiger partial charge in [-0.05, 0) is 48.6 Å². The zero-order chi connectivity index (χ0) is 18.0. The van der Waals surface area contributed by atoms with Crippen LogP contribution in [0.15, 0.2) is 42.6 Å². The molecule has 132 valence electrons. The lowest BCUT2D eigenvalue weighted by Gasteiger charge is -2.13. The lowest BCUT2D eigenvalue weighted by atomic mass is 9.98. The van der Waals surface area contributed by atoms with E-state index in [0.29, 0.717) is 19.0 Å². The van der Waals surface area contributed by atoms with Crippen LogP contribution in [0.1, 0.15) is 22.3 Å². The summed E-state index contributed by atoms with van der Waals surface area (Å²) in [5, 5.41) is 8.97. The molecule has 0 spiro atoms. The largest absolute Gasteiger partial charge is 0.478 e. The summed E-state index contributed by atoms with van der Waals surface area (Å²) in [6, 6.07) is 10.5. The Kier molecular flexibility index (Phi) is 4.87. The Labute approximate surface area is 147 Å². The van der Waals surface area contributed by atoms with Crippen LogP contribution in [0.5, 0.6) is 0 Å². The van der Waals surface area contributed by atoms with E-state index in [0.717, 1.165) is 29.7 Å². The minimum Gasteiger partial charge on any atom is -0.478 e. The number of hydrogen-bond donors (Lipinski definition) is 1. The van der Waals surface area contributed by atoms with E-state index >= 15 is 0 Å². The molecule has 0 bridgehead atoms. The first-order valence-electron chi connectivity index (χ1n) is 8.07. The van der Waals surface area contributed by atoms with Crippen LogP contribution in [0.2, 0.25) is 0 Å². The fourth-order valence-corrected chi connectivity index (χ4v) is 4.06. The van der Waals surface area contributed by atoms with Crippen molar-refractivity contribution in [2.45, 2.75) is 12.8 Å². The first-order chi connectivity index (χ1) is 11.8. The van der Waals surface area contributed by atoms with Gasteiger partial charge in [0.05, 0.1) is 17.5 Å². The molecular weight excluding hydrogens is 340 g/mol. The fourth-order valence-electron chi connectivity index (χ4n) is 3.14. The molecule has 0 unspecified atom stereocenters. The second kappa shape index (κ2) is 6.93. The number of aromatic carboxylic acids is 1. The van der Waals surface area contributed by atoms with E-state index < -0.39 is 16.0 Å². The predicted octanol–water partition coefficient (Wildman–Crippen LogP) is 2.27. The molecule has 3 rings (SSSR count). The van der Waals surface area contributed by atoms with E-state index in [2.05, 4.69) is 4.98 Å². The Balaban J connectivity index is 1.73. The molecule has 0 saturated carbocycles. The number of nitrogens with zero attached hydrogens (tertiary/aromatic N) is 2. The summed E-state index contributed by atoms with van der Waals surface area (Å²) in [6.45, 7) is 1.14. The van der Waals surface area contributed by atoms with Gasteiger partial charge in [-0.2, -0.15) is 0 Å². The first kappa shape index (κ1) is 17.6. The topological polar surface area (TPSA) is 87.6 Å². The minimum absolute atomic E-state index is 0.242. The van der Waals surface area contributed by atoms with E-state index in [9.17, 15) is 13.2 Å². The maximum absolute atomic E-state index is 11.6. The number of aromatic nitrogens is 1. The molecule has 1 N–H and O–H groups in total. The predicted molar refractivity (Wildman–Crippen MR) is 94.9 cm³/mol. The molecule has 2 heterocycles. The molecule has 0 amide bonds. The lowest BCUT2D eigenvalue weighted by molar-refractivity contribution is 0.0697. The van der Waals surface area contributed by atoms with Crippen LogP contribution >= 0.6 is 0 Å². The number of benzene rings is 1. The average Bonchev–Trinajstić information content (AvgIpc) is 3.04. The van der Waals surface area contributed by atoms with Crippen molar-refractivity contribution in [3.63, 3.8) is 0 Å². The van der Waals surface area contributed by atoms with Crippen molar-refractivity contribution in [1.82, 2.24) is 9.29 Å². The van der Waals surface area contributed by atoms with Gasteiger partial charge in [-0.1, -0.05) is 12.1 Å². The van der Waals surface area contributed by atoms with E-state index in [1.165, 1.54) is 10.6 Å². The molecule has 0 radical (unpaired) electrons. The number of carboxylic acid groups (broad SMARTS) is 1. The van der Waals surface area contributed by atoms with Crippen LogP contribution in [-0.4, -0.2) is 48.1 Å². The number of rotatable bonds is 5. The molecular formula is C18H20N2O4S. The van der Waals surface area contributed by atoms with Gasteiger partial charge >= 0.3 is 5.97 Å². The van der Waals surface area contributed by atoms with Crippen molar-refractivity contribution in [2.24, 2.45) is 5.92 Å². The molecule has 2 aromatic rings. The van der Waals surface area contributed by atoms with Crippen molar-refractivity contribution < 1.29 is 18.3 Å². The highest BCUT2D eigenvalue weighted by atomic mass is 32.2. The number of hydrogen-bond acceptors (Lipinski definition) is 4. The summed E-state index contributed by atoms with van der Waals surface area (Å²) < 4.78 is 24.8. The molecule has 1 saturated heterocycles. The quantitative estimate of drug-likeness (QED) is 0.884. The number of carbonyl (C=O) groups is 1. The van der Waals surface area contributed by atoms with E-state index in [1.807, 2.05) is 12.1 Å². The van der Waals surface area contributed by atoms with Crippen molar-refractivity contribution in [3.05, 3.63) is 53.7 Å². The molecule has 6 nitrogen and oxygen atoms in total. The highest BCUT2D eigenvalue weighted by Gasteiger charge is 2.28. The number of carboxylic acids is 1. The van der Waals surface area contributed by atoms with Crippen LogP contribution in [0.3, 0.4) is 0 Å². The molecule has 7 heteroatoms. The molecule has 25 heavy (non-hydrogen) atoms. The molecule has 1 aliphatic heterocycles. The van der Waals surface area contributed by atoms with Gasteiger partial charge in [0.1, 0.15) is 0 Å². The summed E-state index contributed by atoms with van der Waals surface area (Å²) in [4.78, 5) is 15.3. The fraction of sp³-hybridized carbons (Fsp3) is 0.333. The third-order valence-electron chi connectivity index (χ3n) is 4.49. The zero-order valence-electron chi connectivity index (χ0n) is 13.9. The van der Waals surface area contributed by atoms with Crippen molar-refractivity contribution in [1.29, 1.82) is 0 Å². The smallest absolute Gasteiger partial charge is 0.335 e. The van der Waals surface area contributed by atoms with Crippen molar-refractivity contribution >= 4 is 16.0 Å². The van der Waals surface area contributed by atoms with E-state index in [4.69, 9.17) is 5.11 Å². The van der Waals surface area contributed by atoms with Crippen molar-refractivity contribution in [3.8, 4) is 11.3 Å². The number of pyridine rings is 1. The minimum atomic E-state index is -3.12. The summed E-state index contributed by atoms with van der Waals surface area (Å²) in [5.41, 5.74) is 2.99. The summed E-state index contributed by atoms with van der Waals surface area (Å²) in [6.07, 6.45) is 4.65. The van der Waals surface area contributed by atoms with E-state index in [-0.39, 0.29) is 5.56 Å². The Morgan fingerprint density at radius 1 is 1.28 bits per heavy atom. The van der Waals surface area contributed by atoms with Gasteiger partial charge in [-0.3, -0.25) is 4.98 Å². The average molecular weight is 360 g/mol. The van der Waals surface area contributed by atoms with Crippen molar-refractivity contribution in [2.75, 3.05) is 19.3 Å². The SMILES string of the molecule is CS(=O)(=O)N1CC[C@@H](Cc2ccnc(-c3ccc(C(=O)O)cc3)c2)C1. The van der Waals surface area contributed by atoms with Crippen LogP contribution in [-0.2, 0) is 16.4 Å². The first-order valence-corrected chi connectivity index (χ1v) is 9.91. The molecule has 0 aliphatic carbocycles. The Morgan fingerprint density at radius 3 is 2.60 bits per heavy atom. The normalized spacial score (nSPS) is 18.4. The van der Waals surface area contributed by atoms with Gasteiger partial charge in [0.2, 0.25) is 10.0 Å². The standard InChI is InChI=1S/C18H20N2O4S/c1-25(23,24)20-9-7-14(12-20)10-13-6-8-19-17(11-13)15-2-4-16(5-3-15)18(21)22/h2-6,8,11,14H,7,9-10,12H2,1H3,(H,21,22)/t14-/m0/s1. The molecule has 1 aliphatic rings. The summed E-state index contributed by atoms with van der Waals surface area (Å²) in [7, 11) is -3.12. The Hall–Kier alpha value is -2.25. The van der Waals surface area contributed by atoms with Gasteiger partial charge in [-0.25, -0.2) is 17.5 Å². The summed E-state index contributed by atoms with van der Waals surface area (Å²) >= 11 is 0. The second-order valence-corrected chi connectivity index (χ2v) is 8.39. The van der Waals surface area contributed by atoms with Crippen LogP contribution in [0.25, 0.3) is 11.3 Å². The van der Waals surface area contributed by atoms with Crippen LogP contribution in [0, 0.1) is 5.92 Å². The van der Waals surface area contributed by atoms with E-state index in [1.54, 1.807) is 30.5 Å². The maximum Gasteiger partial charge on any atom is 0.335 e. The Morgan fingerprint density at radius 2 is 2.00 bits per heavy atom. The lowest BCUT2D eigenvalue weighted by Crippen LogP contribution is -2.27. The monoisotopic (exact) mass is 360 g/mol. The molecule has 1 atom stereocenters. The van der Waals surface area contributed by atoms with Gasteiger partial charge in [-0.15, -0.1) is 0 Å². The molecule has 1 fully saturated rings. The maximum atomic E-state index is 11.6. The molecule has 1 aromatic heterocycles. The van der Waals surface area contributed by atoms with Crippen LogP contribution in [0.4, 0.5) is 0 Å². The summed E-state index contributed by atoms with van der Waals surface area (Å²) in [5.74, 6) is -0.649. The highest BCUT2D eigenvalue weighted by molar-refractivity contribution is 7.88. The third-order valence-corrected chi connectivity index (χ3v) is 5.76. The molecule has 1 aromatic carbocycles. The van der Waals surface area contributed by atoms with Gasteiger partial charge in [0, 0.05) is 24.8 Å². The highest BCUT2D eigenvalue weighted by Crippen LogP contribution is 2.25. The second-order valence-electron chi connectivity index (χ2n) is 6.41. The van der Waals surface area contributed by atoms with Gasteiger partial charge in [0.25, 0.3) is 0 Å². The number of sulfonamides is 1. The third kappa shape index (κ3) is 4.24.